The van der Waals surface area contributed by atoms with Crippen LogP contribution in [0.1, 0.15) is 67.8 Å². The Labute approximate surface area is 228 Å². The van der Waals surface area contributed by atoms with Crippen molar-refractivity contribution in [2.45, 2.75) is 52.5 Å². The molecule has 1 aliphatic heterocycles. The average molecular weight is 502 g/mol. The van der Waals surface area contributed by atoms with E-state index in [9.17, 15) is 0 Å². The van der Waals surface area contributed by atoms with Gasteiger partial charge in [-0.1, -0.05) is 99.0 Å². The van der Waals surface area contributed by atoms with E-state index in [4.69, 9.17) is 4.99 Å². The monoisotopic (exact) mass is 501 g/mol. The summed E-state index contributed by atoms with van der Waals surface area (Å²) >= 11 is 0. The molecule has 0 saturated carbocycles. The highest BCUT2D eigenvalue weighted by Crippen LogP contribution is 2.43. The van der Waals surface area contributed by atoms with Crippen molar-refractivity contribution in [1.82, 2.24) is 0 Å². The molecule has 0 saturated heterocycles. The van der Waals surface area contributed by atoms with Crippen molar-refractivity contribution in [3.8, 4) is 0 Å². The number of amidine groups is 1. The quantitative estimate of drug-likeness (QED) is 0.216. The molecule has 4 aromatic carbocycles. The van der Waals surface area contributed by atoms with Gasteiger partial charge >= 0.3 is 0 Å². The van der Waals surface area contributed by atoms with Gasteiger partial charge in [-0.15, -0.1) is 0 Å². The van der Waals surface area contributed by atoms with Crippen molar-refractivity contribution in [3.63, 3.8) is 0 Å². The second-order valence-electron chi connectivity index (χ2n) is 10.3. The molecule has 1 heterocycles. The molecule has 38 heavy (non-hydrogen) atoms. The van der Waals surface area contributed by atoms with Gasteiger partial charge in [-0.05, 0) is 61.7 Å². The zero-order valence-electron chi connectivity index (χ0n) is 23.0. The van der Waals surface area contributed by atoms with E-state index in [1.807, 2.05) is 0 Å². The standard InChI is InChI=1S/C35H39N3/c1-4-6-24-37(25-7-5-2)30-22-20-28(21-23-30)34-32-18-11-12-19-33(32)36-35(29-15-13-14-27(3)26-29)38(34)31-16-9-8-10-17-31/h8-23,26,34H,4-7,24-25H2,1-3H3. The summed E-state index contributed by atoms with van der Waals surface area (Å²) in [7, 11) is 0. The lowest BCUT2D eigenvalue weighted by atomic mass is 9.92. The summed E-state index contributed by atoms with van der Waals surface area (Å²) in [4.78, 5) is 10.2. The van der Waals surface area contributed by atoms with Crippen molar-refractivity contribution < 1.29 is 0 Å². The summed E-state index contributed by atoms with van der Waals surface area (Å²) in [6.45, 7) is 8.91. The number of hydrogen-bond acceptors (Lipinski definition) is 3. The summed E-state index contributed by atoms with van der Waals surface area (Å²) in [5, 5.41) is 0. The number of benzene rings is 4. The molecule has 1 atom stereocenters. The Morgan fingerprint density at radius 3 is 2.11 bits per heavy atom. The number of unbranched alkanes of at least 4 members (excludes halogenated alkanes) is 2. The van der Waals surface area contributed by atoms with Gasteiger partial charge in [0, 0.05) is 35.6 Å². The van der Waals surface area contributed by atoms with E-state index < -0.39 is 0 Å². The number of rotatable bonds is 10. The topological polar surface area (TPSA) is 18.8 Å². The smallest absolute Gasteiger partial charge is 0.141 e. The van der Waals surface area contributed by atoms with Crippen LogP contribution in [-0.2, 0) is 0 Å². The fourth-order valence-corrected chi connectivity index (χ4v) is 5.36. The van der Waals surface area contributed by atoms with Crippen molar-refractivity contribution in [2.24, 2.45) is 4.99 Å². The van der Waals surface area contributed by atoms with Crippen LogP contribution < -0.4 is 9.80 Å². The molecule has 3 nitrogen and oxygen atoms in total. The summed E-state index contributed by atoms with van der Waals surface area (Å²) in [5.74, 6) is 0.986. The zero-order valence-corrected chi connectivity index (χ0v) is 23.0. The highest BCUT2D eigenvalue weighted by atomic mass is 15.2. The summed E-state index contributed by atoms with van der Waals surface area (Å²) in [5.41, 5.74) is 8.37. The summed E-state index contributed by atoms with van der Waals surface area (Å²) < 4.78 is 0. The van der Waals surface area contributed by atoms with Crippen LogP contribution in [0.2, 0.25) is 0 Å². The van der Waals surface area contributed by atoms with Gasteiger partial charge in [0.1, 0.15) is 5.84 Å². The summed E-state index contributed by atoms with van der Waals surface area (Å²) in [6.07, 6.45) is 4.87. The highest BCUT2D eigenvalue weighted by Gasteiger charge is 2.33. The number of para-hydroxylation sites is 2. The third kappa shape index (κ3) is 5.52. The van der Waals surface area contributed by atoms with Gasteiger partial charge in [0.2, 0.25) is 0 Å². The minimum absolute atomic E-state index is 0.0235. The molecular formula is C35H39N3. The Balaban J connectivity index is 1.61. The molecule has 0 bridgehead atoms. The van der Waals surface area contributed by atoms with Crippen molar-refractivity contribution in [2.75, 3.05) is 22.9 Å². The fraction of sp³-hybridized carbons (Fsp3) is 0.286. The van der Waals surface area contributed by atoms with Gasteiger partial charge in [0.05, 0.1) is 11.7 Å². The number of hydrogen-bond donors (Lipinski definition) is 0. The lowest BCUT2D eigenvalue weighted by molar-refractivity contribution is 0.678. The molecule has 194 valence electrons. The first-order chi connectivity index (χ1) is 18.7. The Morgan fingerprint density at radius 1 is 0.737 bits per heavy atom. The lowest BCUT2D eigenvalue weighted by Crippen LogP contribution is -2.38. The van der Waals surface area contributed by atoms with Crippen molar-refractivity contribution >= 4 is 22.9 Å². The van der Waals surface area contributed by atoms with E-state index in [0.29, 0.717) is 0 Å². The first-order valence-corrected chi connectivity index (χ1v) is 14.1. The van der Waals surface area contributed by atoms with Gasteiger partial charge in [-0.2, -0.15) is 0 Å². The van der Waals surface area contributed by atoms with Crippen LogP contribution in [0.15, 0.2) is 108 Å². The van der Waals surface area contributed by atoms with E-state index in [2.05, 4.69) is 134 Å². The SMILES string of the molecule is CCCCN(CCCC)c1ccc(C2c3ccccc3N=C(c3cccc(C)c3)N2c2ccccc2)cc1. The maximum atomic E-state index is 5.24. The number of anilines is 2. The van der Waals surface area contributed by atoms with Gasteiger partial charge < -0.3 is 9.80 Å². The Bertz CT molecular complexity index is 1350. The average Bonchev–Trinajstić information content (AvgIpc) is 2.97. The van der Waals surface area contributed by atoms with E-state index in [0.717, 1.165) is 35.9 Å². The van der Waals surface area contributed by atoms with Crippen LogP contribution in [0.5, 0.6) is 0 Å². The molecule has 1 aliphatic rings. The zero-order chi connectivity index (χ0) is 26.3. The maximum absolute atomic E-state index is 5.24. The first-order valence-electron chi connectivity index (χ1n) is 14.1. The number of nitrogens with zero attached hydrogens (tertiary/aromatic N) is 3. The van der Waals surface area contributed by atoms with Crippen LogP contribution in [0.4, 0.5) is 17.1 Å². The predicted octanol–water partition coefficient (Wildman–Crippen LogP) is 9.09. The Morgan fingerprint density at radius 2 is 1.42 bits per heavy atom. The predicted molar refractivity (Wildman–Crippen MR) is 163 cm³/mol. The number of aliphatic imine (C=N–C) groups is 1. The van der Waals surface area contributed by atoms with Crippen LogP contribution in [0.25, 0.3) is 0 Å². The third-order valence-electron chi connectivity index (χ3n) is 7.39. The molecule has 0 amide bonds. The van der Waals surface area contributed by atoms with Crippen molar-refractivity contribution in [3.05, 3.63) is 125 Å². The van der Waals surface area contributed by atoms with Gasteiger partial charge in [0.25, 0.3) is 0 Å². The van der Waals surface area contributed by atoms with E-state index >= 15 is 0 Å². The Kier molecular flexibility index (Phi) is 8.23. The van der Waals surface area contributed by atoms with Gasteiger partial charge in [-0.3, -0.25) is 0 Å². The number of fused-ring (bicyclic) bond motifs is 1. The third-order valence-corrected chi connectivity index (χ3v) is 7.39. The molecule has 0 spiro atoms. The molecule has 0 radical (unpaired) electrons. The fourth-order valence-electron chi connectivity index (χ4n) is 5.36. The Hall–Kier alpha value is -3.85. The molecule has 5 rings (SSSR count). The van der Waals surface area contributed by atoms with Crippen LogP contribution in [0.3, 0.4) is 0 Å². The van der Waals surface area contributed by atoms with E-state index in [-0.39, 0.29) is 6.04 Å². The molecule has 0 N–H and O–H groups in total. The first kappa shape index (κ1) is 25.8. The van der Waals surface area contributed by atoms with E-state index in [1.165, 1.54) is 48.1 Å². The van der Waals surface area contributed by atoms with Crippen LogP contribution in [-0.4, -0.2) is 18.9 Å². The second-order valence-corrected chi connectivity index (χ2v) is 10.3. The van der Waals surface area contributed by atoms with Crippen LogP contribution >= 0.6 is 0 Å². The second kappa shape index (κ2) is 12.1. The van der Waals surface area contributed by atoms with Gasteiger partial charge in [0.15, 0.2) is 0 Å². The molecule has 4 aromatic rings. The molecule has 0 aromatic heterocycles. The lowest BCUT2D eigenvalue weighted by Gasteiger charge is -2.39. The molecule has 3 heteroatoms. The minimum Gasteiger partial charge on any atom is -0.372 e. The normalized spacial score (nSPS) is 14.7. The highest BCUT2D eigenvalue weighted by molar-refractivity contribution is 6.13. The molecule has 1 unspecified atom stereocenters. The minimum atomic E-state index is 0.0235. The van der Waals surface area contributed by atoms with Crippen LogP contribution in [0, 0.1) is 6.92 Å². The summed E-state index contributed by atoms with van der Waals surface area (Å²) in [6, 6.07) is 37.3. The number of aryl methyl sites for hydroxylation is 1. The molecule has 0 aliphatic carbocycles. The molecular weight excluding hydrogens is 462 g/mol. The largest absolute Gasteiger partial charge is 0.372 e. The van der Waals surface area contributed by atoms with Gasteiger partial charge in [-0.25, -0.2) is 4.99 Å². The molecule has 0 fully saturated rings. The van der Waals surface area contributed by atoms with Crippen molar-refractivity contribution in [1.29, 1.82) is 0 Å². The van der Waals surface area contributed by atoms with E-state index in [1.54, 1.807) is 0 Å². The maximum Gasteiger partial charge on any atom is 0.141 e.